The Kier molecular flexibility index (Phi) is 3.16. The smallest absolute Gasteiger partial charge is 0.174 e. The molecule has 2 aromatic rings. The predicted octanol–water partition coefficient (Wildman–Crippen LogP) is 3.78. The van der Waals surface area contributed by atoms with Gasteiger partial charge < -0.3 is 0 Å². The number of pyridine rings is 1. The van der Waals surface area contributed by atoms with Crippen LogP contribution in [-0.4, -0.2) is 10.8 Å². The van der Waals surface area contributed by atoms with E-state index in [0.29, 0.717) is 0 Å². The van der Waals surface area contributed by atoms with Crippen LogP contribution in [0.1, 0.15) is 41.6 Å². The summed E-state index contributed by atoms with van der Waals surface area (Å²) in [6.07, 6.45) is 7.54. The maximum atomic E-state index is 12.9. The first-order valence-electron chi connectivity index (χ1n) is 6.83. The summed E-state index contributed by atoms with van der Waals surface area (Å²) >= 11 is 0. The molecular formula is C17H17NO. The summed E-state index contributed by atoms with van der Waals surface area (Å²) in [5, 5.41) is 0. The van der Waals surface area contributed by atoms with Crippen LogP contribution >= 0.6 is 0 Å². The Morgan fingerprint density at radius 2 is 1.74 bits per heavy atom. The zero-order chi connectivity index (χ0) is 13.1. The molecule has 0 saturated heterocycles. The van der Waals surface area contributed by atoms with Crippen LogP contribution in [0.15, 0.2) is 54.9 Å². The lowest BCUT2D eigenvalue weighted by atomic mass is 9.73. The van der Waals surface area contributed by atoms with Crippen molar-refractivity contribution >= 4 is 5.78 Å². The van der Waals surface area contributed by atoms with Gasteiger partial charge in [-0.3, -0.25) is 9.78 Å². The normalized spacial score (nSPS) is 17.3. The van der Waals surface area contributed by atoms with Crippen LogP contribution in [0.4, 0.5) is 0 Å². The van der Waals surface area contributed by atoms with Crippen LogP contribution in [0.25, 0.3) is 0 Å². The van der Waals surface area contributed by atoms with Gasteiger partial charge in [-0.15, -0.1) is 0 Å². The molecule has 0 N–H and O–H groups in total. The van der Waals surface area contributed by atoms with E-state index in [2.05, 4.69) is 17.1 Å². The molecular weight excluding hydrogens is 234 g/mol. The number of hydrogen-bond acceptors (Lipinski definition) is 2. The summed E-state index contributed by atoms with van der Waals surface area (Å²) < 4.78 is 0. The van der Waals surface area contributed by atoms with E-state index in [1.807, 2.05) is 30.3 Å². The van der Waals surface area contributed by atoms with Crippen LogP contribution < -0.4 is 0 Å². The van der Waals surface area contributed by atoms with Gasteiger partial charge in [0, 0.05) is 18.0 Å². The molecule has 1 fully saturated rings. The minimum absolute atomic E-state index is 0.226. The Hall–Kier alpha value is -1.96. The van der Waals surface area contributed by atoms with E-state index < -0.39 is 0 Å². The van der Waals surface area contributed by atoms with Crippen molar-refractivity contribution in [1.29, 1.82) is 0 Å². The van der Waals surface area contributed by atoms with Gasteiger partial charge in [-0.2, -0.15) is 0 Å². The van der Waals surface area contributed by atoms with Crippen molar-refractivity contribution in [1.82, 2.24) is 4.98 Å². The third-order valence-corrected chi connectivity index (χ3v) is 4.14. The Morgan fingerprint density at radius 1 is 1.00 bits per heavy atom. The largest absolute Gasteiger partial charge is 0.293 e. The molecule has 3 rings (SSSR count). The van der Waals surface area contributed by atoms with E-state index in [-0.39, 0.29) is 11.2 Å². The Labute approximate surface area is 113 Å². The summed E-state index contributed by atoms with van der Waals surface area (Å²) in [6.45, 7) is 0. The number of hydrogen-bond donors (Lipinski definition) is 0. The maximum absolute atomic E-state index is 12.9. The summed E-state index contributed by atoms with van der Waals surface area (Å²) in [5.41, 5.74) is 1.55. The lowest BCUT2D eigenvalue weighted by molar-refractivity contribution is 0.0885. The first kappa shape index (κ1) is 12.1. The fraction of sp³-hybridized carbons (Fsp3) is 0.294. The molecule has 19 heavy (non-hydrogen) atoms. The monoisotopic (exact) mass is 251 g/mol. The maximum Gasteiger partial charge on any atom is 0.174 e. The van der Waals surface area contributed by atoms with Crippen molar-refractivity contribution in [3.63, 3.8) is 0 Å². The molecule has 0 spiro atoms. The zero-order valence-electron chi connectivity index (χ0n) is 10.9. The average molecular weight is 251 g/mol. The van der Waals surface area contributed by atoms with E-state index >= 15 is 0 Å². The minimum atomic E-state index is -0.329. The molecule has 96 valence electrons. The van der Waals surface area contributed by atoms with Gasteiger partial charge in [0.15, 0.2) is 5.78 Å². The molecule has 0 aliphatic heterocycles. The van der Waals surface area contributed by atoms with Crippen molar-refractivity contribution in [3.05, 3.63) is 66.0 Å². The van der Waals surface area contributed by atoms with Gasteiger partial charge in [0.05, 0.1) is 5.41 Å². The van der Waals surface area contributed by atoms with Crippen molar-refractivity contribution in [2.75, 3.05) is 0 Å². The first-order chi connectivity index (χ1) is 9.33. The highest BCUT2D eigenvalue weighted by Gasteiger charge is 2.42. The highest BCUT2D eigenvalue weighted by Crippen LogP contribution is 2.43. The van der Waals surface area contributed by atoms with Gasteiger partial charge in [0.1, 0.15) is 0 Å². The number of carbonyl (C=O) groups excluding carboxylic acids is 1. The van der Waals surface area contributed by atoms with E-state index in [0.717, 1.165) is 36.8 Å². The second-order valence-electron chi connectivity index (χ2n) is 5.23. The van der Waals surface area contributed by atoms with E-state index in [9.17, 15) is 4.79 Å². The van der Waals surface area contributed by atoms with Crippen molar-refractivity contribution in [3.8, 4) is 0 Å². The van der Waals surface area contributed by atoms with Crippen LogP contribution in [-0.2, 0) is 5.41 Å². The average Bonchev–Trinajstić information content (AvgIpc) is 2.99. The van der Waals surface area contributed by atoms with Gasteiger partial charge in [-0.1, -0.05) is 43.2 Å². The molecule has 1 aliphatic carbocycles. The number of nitrogens with zero attached hydrogens (tertiary/aromatic N) is 1. The SMILES string of the molecule is O=C(c1cccnc1)C1(c2ccccc2)CCCC1. The fourth-order valence-electron chi connectivity index (χ4n) is 3.16. The zero-order valence-corrected chi connectivity index (χ0v) is 10.9. The molecule has 1 aromatic carbocycles. The van der Waals surface area contributed by atoms with Crippen molar-refractivity contribution in [2.45, 2.75) is 31.1 Å². The second-order valence-corrected chi connectivity index (χ2v) is 5.23. The number of rotatable bonds is 3. The topological polar surface area (TPSA) is 30.0 Å². The van der Waals surface area contributed by atoms with Crippen LogP contribution in [0.5, 0.6) is 0 Å². The fourth-order valence-corrected chi connectivity index (χ4v) is 3.16. The molecule has 1 saturated carbocycles. The van der Waals surface area contributed by atoms with Gasteiger partial charge in [0.2, 0.25) is 0 Å². The molecule has 0 atom stereocenters. The second kappa shape index (κ2) is 4.96. The minimum Gasteiger partial charge on any atom is -0.293 e. The third-order valence-electron chi connectivity index (χ3n) is 4.14. The van der Waals surface area contributed by atoms with Gasteiger partial charge in [-0.25, -0.2) is 0 Å². The molecule has 2 heteroatoms. The molecule has 1 aromatic heterocycles. The molecule has 0 radical (unpaired) electrons. The highest BCUT2D eigenvalue weighted by atomic mass is 16.1. The van der Waals surface area contributed by atoms with Gasteiger partial charge in [-0.05, 0) is 30.5 Å². The van der Waals surface area contributed by atoms with Crippen molar-refractivity contribution < 1.29 is 4.79 Å². The summed E-state index contributed by atoms with van der Waals surface area (Å²) in [6, 6.07) is 13.9. The van der Waals surface area contributed by atoms with Crippen molar-refractivity contribution in [2.24, 2.45) is 0 Å². The first-order valence-corrected chi connectivity index (χ1v) is 6.83. The number of Topliss-reactive ketones (excluding diaryl/α,β-unsaturated/α-hetero) is 1. The molecule has 1 heterocycles. The number of ketones is 1. The predicted molar refractivity (Wildman–Crippen MR) is 75.2 cm³/mol. The number of aromatic nitrogens is 1. The number of carbonyl (C=O) groups is 1. The van der Waals surface area contributed by atoms with Crippen LogP contribution in [0.2, 0.25) is 0 Å². The molecule has 0 unspecified atom stereocenters. The Balaban J connectivity index is 2.05. The van der Waals surface area contributed by atoms with E-state index in [1.165, 1.54) is 0 Å². The quantitative estimate of drug-likeness (QED) is 0.777. The number of benzene rings is 1. The summed E-state index contributed by atoms with van der Waals surface area (Å²) in [7, 11) is 0. The molecule has 0 amide bonds. The Bertz CT molecular complexity index is 556. The van der Waals surface area contributed by atoms with Crippen LogP contribution in [0.3, 0.4) is 0 Å². The summed E-state index contributed by atoms with van der Waals surface area (Å²) in [4.78, 5) is 17.0. The highest BCUT2D eigenvalue weighted by molar-refractivity contribution is 6.04. The van der Waals surface area contributed by atoms with E-state index in [1.54, 1.807) is 12.4 Å². The molecule has 2 nitrogen and oxygen atoms in total. The van der Waals surface area contributed by atoms with E-state index in [4.69, 9.17) is 0 Å². The standard InChI is InChI=1S/C17H17NO/c19-16(14-7-6-12-18-13-14)17(10-4-5-11-17)15-8-2-1-3-9-15/h1-3,6-9,12-13H,4-5,10-11H2. The molecule has 1 aliphatic rings. The van der Waals surface area contributed by atoms with Gasteiger partial charge >= 0.3 is 0 Å². The third kappa shape index (κ3) is 2.07. The summed E-state index contributed by atoms with van der Waals surface area (Å²) in [5.74, 6) is 0.226. The molecule has 0 bridgehead atoms. The Morgan fingerprint density at radius 3 is 2.37 bits per heavy atom. The lowest BCUT2D eigenvalue weighted by Crippen LogP contribution is -2.33. The lowest BCUT2D eigenvalue weighted by Gasteiger charge is -2.28. The van der Waals surface area contributed by atoms with Crippen LogP contribution in [0, 0.1) is 0 Å². The van der Waals surface area contributed by atoms with Gasteiger partial charge in [0.25, 0.3) is 0 Å².